The fraction of sp³-hybridized carbons (Fsp3) is 0.403. The van der Waals surface area contributed by atoms with E-state index in [9.17, 15) is 14.4 Å². The van der Waals surface area contributed by atoms with Gasteiger partial charge in [0.25, 0.3) is 0 Å². The molecule has 3 amide bonds. The van der Waals surface area contributed by atoms with Gasteiger partial charge in [0.2, 0.25) is 17.2 Å². The third-order valence-corrected chi connectivity index (χ3v) is 12.9. The lowest BCUT2D eigenvalue weighted by Gasteiger charge is -2.22. The van der Waals surface area contributed by atoms with Crippen LogP contribution in [-0.2, 0) is 32.1 Å². The van der Waals surface area contributed by atoms with Crippen molar-refractivity contribution >= 4 is 18.3 Å². The molecule has 3 N–H and O–H groups in total. The molecule has 5 aromatic carbocycles. The normalized spacial score (nSPS) is 10.4. The van der Waals surface area contributed by atoms with Gasteiger partial charge in [-0.15, -0.1) is 0 Å². The first-order valence-electron chi connectivity index (χ1n) is 25.9. The number of carbonyl (C=O) groups is 3. The number of aryl methyl sites for hydroxylation is 2. The highest BCUT2D eigenvalue weighted by Gasteiger charge is 2.29. The molecule has 0 aliphatic rings. The van der Waals surface area contributed by atoms with Gasteiger partial charge in [-0.1, -0.05) is 53.6 Å². The van der Waals surface area contributed by atoms with E-state index in [0.717, 1.165) is 61.6 Å². The van der Waals surface area contributed by atoms with E-state index in [0.29, 0.717) is 91.6 Å². The van der Waals surface area contributed by atoms with Crippen LogP contribution in [0.25, 0.3) is 0 Å². The van der Waals surface area contributed by atoms with Crippen molar-refractivity contribution in [1.82, 2.24) is 16.0 Å². The quantitative estimate of drug-likeness (QED) is 0.0495. The lowest BCUT2D eigenvalue weighted by atomic mass is 9.96. The summed E-state index contributed by atoms with van der Waals surface area (Å²) in [6.07, 6.45) is 5.14. The molecule has 0 unspecified atom stereocenters. The molecule has 5 aromatic rings. The molecule has 17 nitrogen and oxygen atoms in total. The molecule has 5 rings (SSSR count). The van der Waals surface area contributed by atoms with Crippen molar-refractivity contribution in [3.05, 3.63) is 134 Å². The molecule has 0 bridgehead atoms. The van der Waals surface area contributed by atoms with Crippen LogP contribution in [0, 0.1) is 34.6 Å². The minimum atomic E-state index is -0.678. The molecular weight excluding hydrogens is 1010 g/mol. The Hall–Kier alpha value is -8.21. The Labute approximate surface area is 466 Å². The van der Waals surface area contributed by atoms with Crippen molar-refractivity contribution in [2.45, 2.75) is 94.4 Å². The molecule has 17 heteroatoms. The molecule has 0 saturated carbocycles. The van der Waals surface area contributed by atoms with Crippen LogP contribution >= 0.6 is 0 Å². The van der Waals surface area contributed by atoms with Gasteiger partial charge in [-0.25, -0.2) is 14.4 Å². The number of allylic oxidation sites excluding steroid dienone is 4. The van der Waals surface area contributed by atoms with Crippen LogP contribution in [0.5, 0.6) is 63.2 Å². The second kappa shape index (κ2) is 31.3. The van der Waals surface area contributed by atoms with Gasteiger partial charge in [0.15, 0.2) is 34.5 Å². The van der Waals surface area contributed by atoms with Crippen LogP contribution in [0.1, 0.15) is 83.3 Å². The number of amides is 3. The summed E-state index contributed by atoms with van der Waals surface area (Å²) in [5, 5.41) is 8.41. The van der Waals surface area contributed by atoms with E-state index in [-0.39, 0.29) is 23.0 Å². The summed E-state index contributed by atoms with van der Waals surface area (Å²) in [6.45, 7) is 18.8. The monoisotopic (exact) mass is 1090 g/mol. The average Bonchev–Trinajstić information content (AvgIpc) is 3.55. The SMILES string of the molecule is COc1cc(CCNC(=O)Oc2c(C)c(CC=C(C)C)c(C)c(OC)c2OC)ccc1C.COc1ccc(CCNC(=O)Oc2c(CC=C(C)C)c(C)c(OC(=O)NCCc3ccc(OC)c(OC)c3)c(OC)c2OC)cc1C. The number of hydrogen-bond acceptors (Lipinski definition) is 14. The van der Waals surface area contributed by atoms with Crippen LogP contribution in [0.2, 0.25) is 0 Å². The number of carbonyl (C=O) groups excluding carboxylic acids is 3. The second-order valence-corrected chi connectivity index (χ2v) is 18.9. The molecule has 0 saturated heterocycles. The number of benzene rings is 5. The summed E-state index contributed by atoms with van der Waals surface area (Å²) in [7, 11) is 12.4. The lowest BCUT2D eigenvalue weighted by molar-refractivity contribution is 0.193. The Balaban J connectivity index is 0.000000366. The zero-order chi connectivity index (χ0) is 58.3. The van der Waals surface area contributed by atoms with Crippen LogP contribution < -0.4 is 68.1 Å². The highest BCUT2D eigenvalue weighted by atomic mass is 16.6. The average molecular weight is 1090 g/mol. The predicted octanol–water partition coefficient (Wildman–Crippen LogP) is 12.0. The largest absolute Gasteiger partial charge is 0.496 e. The molecular formula is C62H81N3O14. The van der Waals surface area contributed by atoms with Crippen LogP contribution in [0.15, 0.2) is 77.9 Å². The third-order valence-electron chi connectivity index (χ3n) is 12.9. The van der Waals surface area contributed by atoms with Gasteiger partial charge in [0, 0.05) is 30.8 Å². The lowest BCUT2D eigenvalue weighted by Crippen LogP contribution is -2.30. The summed E-state index contributed by atoms with van der Waals surface area (Å²) < 4.78 is 61.2. The Morgan fingerprint density at radius 3 is 1.19 bits per heavy atom. The summed E-state index contributed by atoms with van der Waals surface area (Å²) in [4.78, 5) is 38.6. The fourth-order valence-electron chi connectivity index (χ4n) is 8.61. The molecule has 0 radical (unpaired) electrons. The molecule has 0 aliphatic heterocycles. The van der Waals surface area contributed by atoms with E-state index in [1.54, 1.807) is 49.6 Å². The molecule has 0 aromatic heterocycles. The van der Waals surface area contributed by atoms with Gasteiger partial charge in [0.05, 0.1) is 56.9 Å². The molecule has 0 spiro atoms. The molecule has 0 fully saturated rings. The van der Waals surface area contributed by atoms with E-state index in [1.165, 1.54) is 19.8 Å². The summed E-state index contributed by atoms with van der Waals surface area (Å²) in [6, 6.07) is 17.5. The van der Waals surface area contributed by atoms with Crippen molar-refractivity contribution in [3.8, 4) is 63.2 Å². The number of ether oxygens (including phenoxy) is 11. The summed E-state index contributed by atoms with van der Waals surface area (Å²) in [5.74, 6) is 4.83. The molecule has 0 aliphatic carbocycles. The van der Waals surface area contributed by atoms with Crippen LogP contribution in [0.3, 0.4) is 0 Å². The summed E-state index contributed by atoms with van der Waals surface area (Å²) >= 11 is 0. The van der Waals surface area contributed by atoms with Gasteiger partial charge in [0.1, 0.15) is 11.5 Å². The maximum atomic E-state index is 13.0. The van der Waals surface area contributed by atoms with E-state index in [2.05, 4.69) is 35.9 Å². The third kappa shape index (κ3) is 17.7. The van der Waals surface area contributed by atoms with E-state index in [1.807, 2.05) is 102 Å². The van der Waals surface area contributed by atoms with Crippen molar-refractivity contribution < 1.29 is 66.5 Å². The number of methoxy groups -OCH3 is 8. The van der Waals surface area contributed by atoms with Gasteiger partial charge < -0.3 is 68.1 Å². The van der Waals surface area contributed by atoms with Crippen LogP contribution in [0.4, 0.5) is 14.4 Å². The van der Waals surface area contributed by atoms with E-state index in [4.69, 9.17) is 52.1 Å². The first kappa shape index (κ1) is 63.3. The maximum Gasteiger partial charge on any atom is 0.412 e. The number of nitrogens with one attached hydrogen (secondary N) is 3. The highest BCUT2D eigenvalue weighted by molar-refractivity contribution is 5.79. The predicted molar refractivity (Wildman–Crippen MR) is 308 cm³/mol. The number of hydrogen-bond donors (Lipinski definition) is 3. The first-order valence-corrected chi connectivity index (χ1v) is 25.9. The van der Waals surface area contributed by atoms with Crippen molar-refractivity contribution in [2.24, 2.45) is 0 Å². The minimum Gasteiger partial charge on any atom is -0.496 e. The number of rotatable bonds is 24. The van der Waals surface area contributed by atoms with Gasteiger partial charge in [-0.3, -0.25) is 0 Å². The second-order valence-electron chi connectivity index (χ2n) is 18.9. The zero-order valence-electron chi connectivity index (χ0n) is 49.2. The zero-order valence-corrected chi connectivity index (χ0v) is 49.2. The smallest absolute Gasteiger partial charge is 0.412 e. The first-order chi connectivity index (χ1) is 37.8. The molecule has 0 atom stereocenters. The van der Waals surface area contributed by atoms with Gasteiger partial charge >= 0.3 is 18.3 Å². The van der Waals surface area contributed by atoms with Crippen molar-refractivity contribution in [3.63, 3.8) is 0 Å². The molecule has 79 heavy (non-hydrogen) atoms. The Morgan fingerprint density at radius 2 is 0.747 bits per heavy atom. The molecule has 428 valence electrons. The Kier molecular flexibility index (Phi) is 25.1. The van der Waals surface area contributed by atoms with Gasteiger partial charge in [-0.05, 0) is 163 Å². The van der Waals surface area contributed by atoms with E-state index >= 15 is 0 Å². The maximum absolute atomic E-state index is 13.0. The van der Waals surface area contributed by atoms with Gasteiger partial charge in [-0.2, -0.15) is 0 Å². The summed E-state index contributed by atoms with van der Waals surface area (Å²) in [5.41, 5.74) is 11.5. The minimum absolute atomic E-state index is 0.123. The van der Waals surface area contributed by atoms with Crippen molar-refractivity contribution in [2.75, 3.05) is 76.5 Å². The Bertz CT molecular complexity index is 2960. The Morgan fingerprint density at radius 1 is 0.380 bits per heavy atom. The van der Waals surface area contributed by atoms with Crippen molar-refractivity contribution in [1.29, 1.82) is 0 Å². The highest BCUT2D eigenvalue weighted by Crippen LogP contribution is 2.50. The standard InChI is InChI=1S/C36H46N2O9.C26H35NO5/c1-22(2)10-13-27-24(4)31(46-35(39)37-19-17-26-12-15-29(42-6)30(21-26)43-7)33(44-8)34(45-9)32(27)47-36(40)38-18-16-25-11-14-28(41-5)23(3)20-25;1-16(2)9-12-21-18(4)23(30-7)25(31-8)24(19(21)5)32-26(28)27-14-13-20-11-10-17(3)22(15-20)29-6/h10-12,14-15,20-21H,13,16-19H2,1-9H3,(H,37,39)(H,38,40);9-11,15H,12-14H2,1-8H3,(H,27,28). The molecule has 0 heterocycles. The van der Waals surface area contributed by atoms with Crippen LogP contribution in [-0.4, -0.2) is 94.8 Å². The topological polar surface area (TPSA) is 189 Å². The van der Waals surface area contributed by atoms with E-state index < -0.39 is 18.3 Å². The fourth-order valence-corrected chi connectivity index (χ4v) is 8.61.